The van der Waals surface area contributed by atoms with E-state index in [1.807, 2.05) is 16.7 Å². The Hall–Kier alpha value is -1.89. The molecule has 0 spiro atoms. The van der Waals surface area contributed by atoms with E-state index in [4.69, 9.17) is 5.26 Å². The molecule has 0 aromatic carbocycles. The van der Waals surface area contributed by atoms with Gasteiger partial charge in [0, 0.05) is 12.6 Å². The molecule has 4 heteroatoms. The van der Waals surface area contributed by atoms with Gasteiger partial charge in [-0.1, -0.05) is 32.6 Å². The number of fused-ring (bicyclic) bond motifs is 1. The van der Waals surface area contributed by atoms with Gasteiger partial charge in [-0.3, -0.25) is 4.40 Å². The van der Waals surface area contributed by atoms with Crippen molar-refractivity contribution in [1.82, 2.24) is 14.6 Å². The summed E-state index contributed by atoms with van der Waals surface area (Å²) in [6.45, 7) is 2.22. The van der Waals surface area contributed by atoms with Crippen molar-refractivity contribution in [2.45, 2.75) is 45.4 Å². The summed E-state index contributed by atoms with van der Waals surface area (Å²) in [5.41, 5.74) is 1.46. The van der Waals surface area contributed by atoms with Crippen molar-refractivity contribution in [3.8, 4) is 6.07 Å². The Morgan fingerprint density at radius 2 is 2.00 bits per heavy atom. The summed E-state index contributed by atoms with van der Waals surface area (Å²) in [4.78, 5) is 0. The topological polar surface area (TPSA) is 54.0 Å². The van der Waals surface area contributed by atoms with E-state index in [1.165, 1.54) is 25.7 Å². The highest BCUT2D eigenvalue weighted by molar-refractivity contribution is 5.42. The zero-order valence-electron chi connectivity index (χ0n) is 10.8. The third-order valence-corrected chi connectivity index (χ3v) is 3.11. The lowest BCUT2D eigenvalue weighted by Crippen LogP contribution is -1.96. The second-order valence-electron chi connectivity index (χ2n) is 4.54. The van der Waals surface area contributed by atoms with Crippen LogP contribution in [-0.4, -0.2) is 14.6 Å². The van der Waals surface area contributed by atoms with Gasteiger partial charge in [0.15, 0.2) is 5.65 Å². The first kappa shape index (κ1) is 12.6. The van der Waals surface area contributed by atoms with Crippen molar-refractivity contribution in [3.05, 3.63) is 29.7 Å². The molecule has 0 amide bonds. The van der Waals surface area contributed by atoms with Crippen molar-refractivity contribution in [2.24, 2.45) is 0 Å². The van der Waals surface area contributed by atoms with Gasteiger partial charge in [0.05, 0.1) is 5.56 Å². The number of hydrogen-bond acceptors (Lipinski definition) is 3. The van der Waals surface area contributed by atoms with Crippen LogP contribution in [0.5, 0.6) is 0 Å². The number of unbranched alkanes of at least 4 members (excludes halogenated alkanes) is 4. The monoisotopic (exact) mass is 242 g/mol. The molecule has 0 unspecified atom stereocenters. The van der Waals surface area contributed by atoms with E-state index in [0.29, 0.717) is 5.56 Å². The van der Waals surface area contributed by atoms with Crippen molar-refractivity contribution in [1.29, 1.82) is 5.26 Å². The standard InChI is InChI=1S/C14H18N4/c1-2-3-4-5-6-7-13-16-17-14-9-8-12(10-15)11-18(13)14/h8-9,11H,2-7H2,1H3. The van der Waals surface area contributed by atoms with E-state index in [9.17, 15) is 0 Å². The Kier molecular flexibility index (Phi) is 4.30. The van der Waals surface area contributed by atoms with Crippen molar-refractivity contribution in [2.75, 3.05) is 0 Å². The van der Waals surface area contributed by atoms with Crippen molar-refractivity contribution in [3.63, 3.8) is 0 Å². The fourth-order valence-corrected chi connectivity index (χ4v) is 2.06. The molecule has 0 saturated heterocycles. The highest BCUT2D eigenvalue weighted by atomic mass is 15.2. The molecule has 2 heterocycles. The van der Waals surface area contributed by atoms with Gasteiger partial charge in [0.1, 0.15) is 11.9 Å². The molecule has 0 aliphatic carbocycles. The number of pyridine rings is 1. The number of aromatic nitrogens is 3. The first-order valence-corrected chi connectivity index (χ1v) is 6.59. The number of aryl methyl sites for hydroxylation is 1. The second kappa shape index (κ2) is 6.15. The number of rotatable bonds is 6. The van der Waals surface area contributed by atoms with E-state index >= 15 is 0 Å². The van der Waals surface area contributed by atoms with Gasteiger partial charge < -0.3 is 0 Å². The molecule has 0 fully saturated rings. The van der Waals surface area contributed by atoms with Crippen LogP contribution in [-0.2, 0) is 6.42 Å². The Labute approximate surface area is 107 Å². The summed E-state index contributed by atoms with van der Waals surface area (Å²) in [5.74, 6) is 0.957. The molecule has 94 valence electrons. The van der Waals surface area contributed by atoms with Crippen LogP contribution in [0.1, 0.15) is 50.4 Å². The molecule has 2 aromatic heterocycles. The van der Waals surface area contributed by atoms with E-state index in [0.717, 1.165) is 24.3 Å². The quantitative estimate of drug-likeness (QED) is 0.731. The van der Waals surface area contributed by atoms with Gasteiger partial charge in [-0.25, -0.2) is 0 Å². The third kappa shape index (κ3) is 2.86. The van der Waals surface area contributed by atoms with Crippen LogP contribution in [0.15, 0.2) is 18.3 Å². The Morgan fingerprint density at radius 1 is 1.17 bits per heavy atom. The van der Waals surface area contributed by atoms with Crippen LogP contribution in [0.25, 0.3) is 5.65 Å². The van der Waals surface area contributed by atoms with Crippen LogP contribution in [0.4, 0.5) is 0 Å². The Morgan fingerprint density at radius 3 is 2.78 bits per heavy atom. The van der Waals surface area contributed by atoms with Gasteiger partial charge in [0.25, 0.3) is 0 Å². The highest BCUT2D eigenvalue weighted by Crippen LogP contribution is 2.10. The maximum Gasteiger partial charge on any atom is 0.160 e. The van der Waals surface area contributed by atoms with Crippen LogP contribution in [0.2, 0.25) is 0 Å². The molecule has 0 aliphatic heterocycles. The van der Waals surface area contributed by atoms with Gasteiger partial charge in [-0.2, -0.15) is 5.26 Å². The summed E-state index contributed by atoms with van der Waals surface area (Å²) >= 11 is 0. The number of nitrogens with zero attached hydrogens (tertiary/aromatic N) is 4. The minimum Gasteiger partial charge on any atom is -0.285 e. The first-order chi connectivity index (χ1) is 8.85. The molecular weight excluding hydrogens is 224 g/mol. The smallest absolute Gasteiger partial charge is 0.160 e. The Balaban J connectivity index is 2.02. The molecule has 0 bridgehead atoms. The lowest BCUT2D eigenvalue weighted by Gasteiger charge is -2.00. The normalized spacial score (nSPS) is 10.7. The summed E-state index contributed by atoms with van der Waals surface area (Å²) < 4.78 is 1.93. The summed E-state index contributed by atoms with van der Waals surface area (Å²) in [6, 6.07) is 5.76. The van der Waals surface area contributed by atoms with Crippen molar-refractivity contribution < 1.29 is 0 Å². The second-order valence-corrected chi connectivity index (χ2v) is 4.54. The largest absolute Gasteiger partial charge is 0.285 e. The zero-order valence-corrected chi connectivity index (χ0v) is 10.8. The van der Waals surface area contributed by atoms with Crippen molar-refractivity contribution >= 4 is 5.65 Å². The molecule has 0 atom stereocenters. The molecule has 0 aliphatic rings. The minimum absolute atomic E-state index is 0.648. The van der Waals surface area contributed by atoms with Gasteiger partial charge in [-0.15, -0.1) is 10.2 Å². The van der Waals surface area contributed by atoms with Crippen LogP contribution in [0, 0.1) is 11.3 Å². The van der Waals surface area contributed by atoms with E-state index < -0.39 is 0 Å². The first-order valence-electron chi connectivity index (χ1n) is 6.59. The Bertz CT molecular complexity index is 550. The molecule has 0 N–H and O–H groups in total. The van der Waals surface area contributed by atoms with Crippen LogP contribution < -0.4 is 0 Å². The van der Waals surface area contributed by atoms with E-state index in [-0.39, 0.29) is 0 Å². The SMILES string of the molecule is CCCCCCCc1nnc2ccc(C#N)cn12. The molecule has 4 nitrogen and oxygen atoms in total. The van der Waals surface area contributed by atoms with Crippen LogP contribution >= 0.6 is 0 Å². The highest BCUT2D eigenvalue weighted by Gasteiger charge is 2.05. The summed E-state index contributed by atoms with van der Waals surface area (Å²) in [6.07, 6.45) is 8.98. The molecule has 0 radical (unpaired) electrons. The number of hydrogen-bond donors (Lipinski definition) is 0. The molecule has 18 heavy (non-hydrogen) atoms. The summed E-state index contributed by atoms with van der Waals surface area (Å²) in [7, 11) is 0. The lowest BCUT2D eigenvalue weighted by molar-refractivity contribution is 0.620. The van der Waals surface area contributed by atoms with Gasteiger partial charge in [0.2, 0.25) is 0 Å². The summed E-state index contributed by atoms with van der Waals surface area (Å²) in [5, 5.41) is 17.2. The van der Waals surface area contributed by atoms with Crippen LogP contribution in [0.3, 0.4) is 0 Å². The molecular formula is C14H18N4. The van der Waals surface area contributed by atoms with E-state index in [2.05, 4.69) is 23.2 Å². The maximum absolute atomic E-state index is 8.89. The predicted molar refractivity (Wildman–Crippen MR) is 70.2 cm³/mol. The molecule has 2 rings (SSSR count). The average Bonchev–Trinajstić information content (AvgIpc) is 2.81. The van der Waals surface area contributed by atoms with E-state index in [1.54, 1.807) is 6.07 Å². The lowest BCUT2D eigenvalue weighted by atomic mass is 10.1. The average molecular weight is 242 g/mol. The third-order valence-electron chi connectivity index (χ3n) is 3.11. The maximum atomic E-state index is 8.89. The molecule has 0 saturated carbocycles. The fourth-order valence-electron chi connectivity index (χ4n) is 2.06. The predicted octanol–water partition coefficient (Wildman–Crippen LogP) is 3.11. The molecule has 2 aromatic rings. The van der Waals surface area contributed by atoms with Gasteiger partial charge in [-0.05, 0) is 18.6 Å². The number of nitriles is 1. The minimum atomic E-state index is 0.648. The van der Waals surface area contributed by atoms with Gasteiger partial charge >= 0.3 is 0 Å². The zero-order chi connectivity index (χ0) is 12.8. The fraction of sp³-hybridized carbons (Fsp3) is 0.500.